The number of fused-ring (bicyclic) bond motifs is 1. The number of nitrogens with one attached hydrogen (secondary N) is 1. The summed E-state index contributed by atoms with van der Waals surface area (Å²) in [5.41, 5.74) is 1.32. The maximum absolute atomic E-state index is 9.26. The van der Waals surface area contributed by atoms with Gasteiger partial charge in [-0.3, -0.25) is 0 Å². The standard InChI is InChI=1S/C16H23NO3/c18-9-12(10-19)17-15-13-6-7-20-16(13)14(15)8-11-4-2-1-3-5-11/h1-5,12-19H,6-10H2/t13-,14+,15-,16-/m1/s1. The van der Waals surface area contributed by atoms with Crippen LogP contribution in [0.4, 0.5) is 0 Å². The zero-order valence-corrected chi connectivity index (χ0v) is 11.6. The molecule has 1 saturated heterocycles. The Bertz CT molecular complexity index is 421. The summed E-state index contributed by atoms with van der Waals surface area (Å²) in [7, 11) is 0. The Labute approximate surface area is 119 Å². The lowest BCUT2D eigenvalue weighted by Crippen LogP contribution is -2.63. The van der Waals surface area contributed by atoms with E-state index in [1.54, 1.807) is 0 Å². The number of hydrogen-bond acceptors (Lipinski definition) is 4. The first-order valence-electron chi connectivity index (χ1n) is 7.46. The van der Waals surface area contributed by atoms with Crippen molar-refractivity contribution in [2.45, 2.75) is 31.0 Å². The van der Waals surface area contributed by atoms with Gasteiger partial charge in [0.25, 0.3) is 0 Å². The third-order valence-electron chi connectivity index (χ3n) is 4.71. The number of benzene rings is 1. The van der Waals surface area contributed by atoms with Gasteiger partial charge in [0.15, 0.2) is 0 Å². The Morgan fingerprint density at radius 1 is 1.20 bits per heavy atom. The monoisotopic (exact) mass is 277 g/mol. The zero-order chi connectivity index (χ0) is 13.9. The van der Waals surface area contributed by atoms with Gasteiger partial charge in [-0.1, -0.05) is 30.3 Å². The van der Waals surface area contributed by atoms with E-state index < -0.39 is 0 Å². The average molecular weight is 277 g/mol. The second-order valence-corrected chi connectivity index (χ2v) is 5.90. The maximum atomic E-state index is 9.26. The van der Waals surface area contributed by atoms with Gasteiger partial charge in [0, 0.05) is 24.5 Å². The van der Waals surface area contributed by atoms with Crippen LogP contribution in [0.1, 0.15) is 12.0 Å². The maximum Gasteiger partial charge on any atom is 0.0665 e. The molecule has 1 aliphatic heterocycles. The van der Waals surface area contributed by atoms with Crippen molar-refractivity contribution in [2.75, 3.05) is 19.8 Å². The predicted molar refractivity (Wildman–Crippen MR) is 76.4 cm³/mol. The molecule has 3 rings (SSSR count). The molecule has 110 valence electrons. The molecule has 3 N–H and O–H groups in total. The largest absolute Gasteiger partial charge is 0.395 e. The molecule has 0 radical (unpaired) electrons. The molecule has 0 amide bonds. The van der Waals surface area contributed by atoms with Crippen LogP contribution in [0.3, 0.4) is 0 Å². The lowest BCUT2D eigenvalue weighted by atomic mass is 9.64. The van der Waals surface area contributed by atoms with E-state index in [4.69, 9.17) is 4.74 Å². The van der Waals surface area contributed by atoms with E-state index in [2.05, 4.69) is 29.6 Å². The Kier molecular flexibility index (Phi) is 4.36. The zero-order valence-electron chi connectivity index (χ0n) is 11.6. The second kappa shape index (κ2) is 6.22. The molecule has 2 aliphatic rings. The molecule has 4 nitrogen and oxygen atoms in total. The highest BCUT2D eigenvalue weighted by Crippen LogP contribution is 2.45. The molecule has 0 aromatic heterocycles. The molecular weight excluding hydrogens is 254 g/mol. The van der Waals surface area contributed by atoms with Crippen LogP contribution < -0.4 is 5.32 Å². The van der Waals surface area contributed by atoms with Gasteiger partial charge >= 0.3 is 0 Å². The van der Waals surface area contributed by atoms with E-state index in [9.17, 15) is 10.2 Å². The van der Waals surface area contributed by atoms with Crippen LogP contribution >= 0.6 is 0 Å². The minimum absolute atomic E-state index is 0.0245. The fourth-order valence-corrected chi connectivity index (χ4v) is 3.64. The average Bonchev–Trinajstić information content (AvgIpc) is 2.92. The lowest BCUT2D eigenvalue weighted by Gasteiger charge is -2.49. The van der Waals surface area contributed by atoms with Crippen molar-refractivity contribution < 1.29 is 14.9 Å². The molecule has 4 heteroatoms. The van der Waals surface area contributed by atoms with Crippen LogP contribution in [-0.4, -0.2) is 48.2 Å². The summed E-state index contributed by atoms with van der Waals surface area (Å²) in [6.07, 6.45) is 2.41. The van der Waals surface area contributed by atoms with E-state index in [-0.39, 0.29) is 19.3 Å². The van der Waals surface area contributed by atoms with E-state index in [1.165, 1.54) is 5.56 Å². The fraction of sp³-hybridized carbons (Fsp3) is 0.625. The van der Waals surface area contributed by atoms with Gasteiger partial charge in [0.1, 0.15) is 0 Å². The van der Waals surface area contributed by atoms with Crippen LogP contribution in [0.15, 0.2) is 30.3 Å². The molecule has 1 heterocycles. The molecular formula is C16H23NO3. The number of ether oxygens (including phenoxy) is 1. The van der Waals surface area contributed by atoms with Gasteiger partial charge in [-0.05, 0) is 18.4 Å². The van der Waals surface area contributed by atoms with Crippen molar-refractivity contribution in [3.63, 3.8) is 0 Å². The van der Waals surface area contributed by atoms with Crippen LogP contribution in [0.25, 0.3) is 0 Å². The van der Waals surface area contributed by atoms with Crippen molar-refractivity contribution in [3.8, 4) is 0 Å². The molecule has 0 unspecified atom stereocenters. The van der Waals surface area contributed by atoms with Crippen molar-refractivity contribution in [1.29, 1.82) is 0 Å². The summed E-state index contributed by atoms with van der Waals surface area (Å²) >= 11 is 0. The van der Waals surface area contributed by atoms with Gasteiger partial charge in [-0.2, -0.15) is 0 Å². The lowest BCUT2D eigenvalue weighted by molar-refractivity contribution is -0.0628. The molecule has 1 aromatic carbocycles. The minimum atomic E-state index is -0.222. The summed E-state index contributed by atoms with van der Waals surface area (Å²) in [4.78, 5) is 0. The number of rotatable bonds is 6. The number of aliphatic hydroxyl groups is 2. The van der Waals surface area contributed by atoms with E-state index in [0.717, 1.165) is 19.4 Å². The van der Waals surface area contributed by atoms with E-state index in [0.29, 0.717) is 24.0 Å². The van der Waals surface area contributed by atoms with E-state index in [1.807, 2.05) is 6.07 Å². The highest BCUT2D eigenvalue weighted by atomic mass is 16.5. The Hall–Kier alpha value is -0.940. The molecule has 0 bridgehead atoms. The first kappa shape index (κ1) is 14.0. The first-order valence-corrected chi connectivity index (χ1v) is 7.46. The molecule has 1 aliphatic carbocycles. The van der Waals surface area contributed by atoms with Crippen LogP contribution in [0.5, 0.6) is 0 Å². The normalized spacial score (nSPS) is 32.1. The van der Waals surface area contributed by atoms with Gasteiger partial charge < -0.3 is 20.3 Å². The molecule has 1 saturated carbocycles. The number of aliphatic hydroxyl groups excluding tert-OH is 2. The fourth-order valence-electron chi connectivity index (χ4n) is 3.64. The molecule has 4 atom stereocenters. The van der Waals surface area contributed by atoms with Crippen LogP contribution in [0, 0.1) is 11.8 Å². The topological polar surface area (TPSA) is 61.7 Å². The summed E-state index contributed by atoms with van der Waals surface area (Å²) in [5, 5.41) is 21.9. The molecule has 2 fully saturated rings. The third kappa shape index (κ3) is 2.61. The van der Waals surface area contributed by atoms with Crippen molar-refractivity contribution in [3.05, 3.63) is 35.9 Å². The third-order valence-corrected chi connectivity index (χ3v) is 4.71. The smallest absolute Gasteiger partial charge is 0.0665 e. The molecule has 20 heavy (non-hydrogen) atoms. The Morgan fingerprint density at radius 2 is 1.95 bits per heavy atom. The molecule has 1 aromatic rings. The first-order chi connectivity index (χ1) is 9.83. The second-order valence-electron chi connectivity index (χ2n) is 5.90. The summed E-state index contributed by atoms with van der Waals surface area (Å²) in [6.45, 7) is 0.786. The SMILES string of the molecule is OCC(CO)N[C@@H]1[C@H]2CCO[C@H]2[C@H]1Cc1ccccc1. The van der Waals surface area contributed by atoms with Gasteiger partial charge in [0.05, 0.1) is 25.4 Å². The summed E-state index contributed by atoms with van der Waals surface area (Å²) in [5.74, 6) is 0.967. The minimum Gasteiger partial charge on any atom is -0.395 e. The highest BCUT2D eigenvalue weighted by molar-refractivity contribution is 5.19. The predicted octanol–water partition coefficient (Wildman–Crippen LogP) is 0.575. The quantitative estimate of drug-likeness (QED) is 0.712. The van der Waals surface area contributed by atoms with Gasteiger partial charge in [-0.15, -0.1) is 0 Å². The highest BCUT2D eigenvalue weighted by Gasteiger charge is 2.53. The number of hydrogen-bond donors (Lipinski definition) is 3. The summed E-state index contributed by atoms with van der Waals surface area (Å²) in [6, 6.07) is 10.6. The molecule has 0 spiro atoms. The van der Waals surface area contributed by atoms with Gasteiger partial charge in [0.2, 0.25) is 0 Å². The Morgan fingerprint density at radius 3 is 2.65 bits per heavy atom. The van der Waals surface area contributed by atoms with Crippen LogP contribution in [-0.2, 0) is 11.2 Å². The summed E-state index contributed by atoms with van der Waals surface area (Å²) < 4.78 is 5.85. The van der Waals surface area contributed by atoms with Crippen molar-refractivity contribution in [1.82, 2.24) is 5.32 Å². The van der Waals surface area contributed by atoms with Crippen molar-refractivity contribution >= 4 is 0 Å². The van der Waals surface area contributed by atoms with Gasteiger partial charge in [-0.25, -0.2) is 0 Å². The van der Waals surface area contributed by atoms with E-state index >= 15 is 0 Å². The Balaban J connectivity index is 1.67. The van der Waals surface area contributed by atoms with Crippen molar-refractivity contribution in [2.24, 2.45) is 11.8 Å². The van der Waals surface area contributed by atoms with Crippen LogP contribution in [0.2, 0.25) is 0 Å².